The van der Waals surface area contributed by atoms with Gasteiger partial charge in [0.1, 0.15) is 11.8 Å². The minimum atomic E-state index is -3.94. The Kier molecular flexibility index (Phi) is 7.76. The van der Waals surface area contributed by atoms with Crippen molar-refractivity contribution in [2.45, 2.75) is 36.7 Å². The number of ether oxygens (including phenoxy) is 2. The van der Waals surface area contributed by atoms with E-state index in [-0.39, 0.29) is 10.9 Å². The number of esters is 1. The summed E-state index contributed by atoms with van der Waals surface area (Å²) in [5, 5.41) is 3.29. The predicted molar refractivity (Wildman–Crippen MR) is 119 cm³/mol. The summed E-state index contributed by atoms with van der Waals surface area (Å²) >= 11 is 5.77. The van der Waals surface area contributed by atoms with Gasteiger partial charge in [0, 0.05) is 5.02 Å². The van der Waals surface area contributed by atoms with E-state index in [9.17, 15) is 18.0 Å². The van der Waals surface area contributed by atoms with Crippen LogP contribution >= 0.6 is 11.6 Å². The standard InChI is InChI=1S/C22H25ClN2O6S/c1-14(25-32(28,29)19-11-7-17(23)8-12-19)22(27)31-13-20(26)24-21(15-3-4-15)16-5-9-18(30-2)10-6-16/h5-12,14-15,21,25H,3-4,13H2,1-2H3,(H,24,26)/t14-,21?/m0/s1. The predicted octanol–water partition coefficient (Wildman–Crippen LogP) is 2.83. The van der Waals surface area contributed by atoms with Crippen molar-refractivity contribution in [3.8, 4) is 5.75 Å². The highest BCUT2D eigenvalue weighted by atomic mass is 35.5. The normalized spacial score (nSPS) is 15.5. The number of carbonyl (C=O) groups is 2. The highest BCUT2D eigenvalue weighted by molar-refractivity contribution is 7.89. The summed E-state index contributed by atoms with van der Waals surface area (Å²) in [6.07, 6.45) is 2.00. The molecule has 172 valence electrons. The number of nitrogens with one attached hydrogen (secondary N) is 2. The molecule has 1 amide bonds. The Morgan fingerprint density at radius 3 is 2.28 bits per heavy atom. The topological polar surface area (TPSA) is 111 Å². The number of amides is 1. The largest absolute Gasteiger partial charge is 0.497 e. The van der Waals surface area contributed by atoms with E-state index in [1.807, 2.05) is 24.3 Å². The molecule has 2 aromatic rings. The molecule has 0 bridgehead atoms. The van der Waals surface area contributed by atoms with Crippen molar-refractivity contribution in [1.29, 1.82) is 0 Å². The van der Waals surface area contributed by atoms with Gasteiger partial charge >= 0.3 is 5.97 Å². The molecule has 10 heteroatoms. The van der Waals surface area contributed by atoms with Crippen molar-refractivity contribution < 1.29 is 27.5 Å². The minimum absolute atomic E-state index is 0.0361. The van der Waals surface area contributed by atoms with E-state index in [1.165, 1.54) is 31.2 Å². The van der Waals surface area contributed by atoms with Crippen LogP contribution in [0.4, 0.5) is 0 Å². The van der Waals surface area contributed by atoms with Crippen LogP contribution < -0.4 is 14.8 Å². The van der Waals surface area contributed by atoms with E-state index in [2.05, 4.69) is 10.0 Å². The molecule has 8 nitrogen and oxygen atoms in total. The number of methoxy groups -OCH3 is 1. The van der Waals surface area contributed by atoms with Gasteiger partial charge in [0.05, 0.1) is 18.0 Å². The molecule has 0 radical (unpaired) electrons. The van der Waals surface area contributed by atoms with E-state index in [0.717, 1.165) is 24.2 Å². The van der Waals surface area contributed by atoms with Crippen LogP contribution in [-0.4, -0.2) is 40.1 Å². The van der Waals surface area contributed by atoms with Crippen molar-refractivity contribution >= 4 is 33.5 Å². The second-order valence-electron chi connectivity index (χ2n) is 7.56. The number of hydrogen-bond donors (Lipinski definition) is 2. The Hall–Kier alpha value is -2.62. The highest BCUT2D eigenvalue weighted by Crippen LogP contribution is 2.41. The van der Waals surface area contributed by atoms with Gasteiger partial charge in [-0.15, -0.1) is 0 Å². The van der Waals surface area contributed by atoms with Gasteiger partial charge in [-0.25, -0.2) is 8.42 Å². The molecule has 2 N–H and O–H groups in total. The van der Waals surface area contributed by atoms with E-state index in [0.29, 0.717) is 10.9 Å². The van der Waals surface area contributed by atoms with Crippen LogP contribution in [0.15, 0.2) is 53.4 Å². The SMILES string of the molecule is COc1ccc(C(NC(=O)COC(=O)[C@H](C)NS(=O)(=O)c2ccc(Cl)cc2)C2CC2)cc1. The first-order valence-electron chi connectivity index (χ1n) is 10.1. The van der Waals surface area contributed by atoms with Crippen molar-refractivity contribution in [1.82, 2.24) is 10.0 Å². The van der Waals surface area contributed by atoms with Gasteiger partial charge < -0.3 is 14.8 Å². The molecule has 1 fully saturated rings. The number of carbonyl (C=O) groups excluding carboxylic acids is 2. The molecule has 1 saturated carbocycles. The van der Waals surface area contributed by atoms with E-state index in [1.54, 1.807) is 7.11 Å². The number of hydrogen-bond acceptors (Lipinski definition) is 6. The number of benzene rings is 2. The monoisotopic (exact) mass is 480 g/mol. The number of rotatable bonds is 10. The molecular formula is C22H25ClN2O6S. The van der Waals surface area contributed by atoms with Crippen LogP contribution in [0.1, 0.15) is 31.4 Å². The van der Waals surface area contributed by atoms with Crippen molar-refractivity contribution in [2.24, 2.45) is 5.92 Å². The first-order chi connectivity index (χ1) is 15.2. The van der Waals surface area contributed by atoms with E-state index >= 15 is 0 Å². The molecule has 0 aromatic heterocycles. The van der Waals surface area contributed by atoms with Gasteiger partial charge in [-0.3, -0.25) is 9.59 Å². The summed E-state index contributed by atoms with van der Waals surface area (Å²) in [7, 11) is -2.36. The van der Waals surface area contributed by atoms with Gasteiger partial charge in [-0.1, -0.05) is 23.7 Å². The second-order valence-corrected chi connectivity index (χ2v) is 9.71. The van der Waals surface area contributed by atoms with Gasteiger partial charge in [0.2, 0.25) is 10.0 Å². The quantitative estimate of drug-likeness (QED) is 0.506. The fourth-order valence-corrected chi connectivity index (χ4v) is 4.47. The molecule has 3 rings (SSSR count). The molecule has 0 spiro atoms. The Morgan fingerprint density at radius 2 is 1.72 bits per heavy atom. The molecule has 1 aliphatic rings. The van der Waals surface area contributed by atoms with Gasteiger partial charge in [-0.2, -0.15) is 4.72 Å². The summed E-state index contributed by atoms with van der Waals surface area (Å²) in [6, 6.07) is 11.6. The summed E-state index contributed by atoms with van der Waals surface area (Å²) in [5.74, 6) is -0.268. The van der Waals surface area contributed by atoms with E-state index < -0.39 is 34.5 Å². The van der Waals surface area contributed by atoms with Crippen LogP contribution in [0, 0.1) is 5.92 Å². The van der Waals surface area contributed by atoms with E-state index in [4.69, 9.17) is 21.1 Å². The van der Waals surface area contributed by atoms with Crippen molar-refractivity contribution in [2.75, 3.05) is 13.7 Å². The average molecular weight is 481 g/mol. The molecule has 1 aliphatic carbocycles. The lowest BCUT2D eigenvalue weighted by atomic mass is 10.0. The average Bonchev–Trinajstić information content (AvgIpc) is 3.61. The first-order valence-corrected chi connectivity index (χ1v) is 11.9. The fourth-order valence-electron chi connectivity index (χ4n) is 3.15. The lowest BCUT2D eigenvalue weighted by molar-refractivity contribution is -0.150. The summed E-state index contributed by atoms with van der Waals surface area (Å²) in [5.41, 5.74) is 0.942. The zero-order valence-electron chi connectivity index (χ0n) is 17.7. The maximum absolute atomic E-state index is 12.4. The smallest absolute Gasteiger partial charge is 0.324 e. The fraction of sp³-hybridized carbons (Fsp3) is 0.364. The maximum atomic E-state index is 12.4. The Labute approximate surface area is 192 Å². The molecule has 0 saturated heterocycles. The summed E-state index contributed by atoms with van der Waals surface area (Å²) in [4.78, 5) is 24.6. The van der Waals surface area contributed by atoms with Gasteiger partial charge in [-0.05, 0) is 67.6 Å². The Bertz CT molecular complexity index is 1050. The molecule has 0 aliphatic heterocycles. The van der Waals surface area contributed by atoms with Crippen molar-refractivity contribution in [3.05, 3.63) is 59.1 Å². The van der Waals surface area contributed by atoms with Crippen LogP contribution in [0.5, 0.6) is 5.75 Å². The highest BCUT2D eigenvalue weighted by Gasteiger charge is 2.33. The van der Waals surface area contributed by atoms with Gasteiger partial charge in [0.15, 0.2) is 6.61 Å². The molecule has 2 aromatic carbocycles. The maximum Gasteiger partial charge on any atom is 0.324 e. The third-order valence-corrected chi connectivity index (χ3v) is 6.85. The lowest BCUT2D eigenvalue weighted by Crippen LogP contribution is -2.41. The van der Waals surface area contributed by atoms with Crippen molar-refractivity contribution in [3.63, 3.8) is 0 Å². The molecule has 32 heavy (non-hydrogen) atoms. The van der Waals surface area contributed by atoms with Crippen LogP contribution in [0.25, 0.3) is 0 Å². The molecule has 2 atom stereocenters. The van der Waals surface area contributed by atoms with Gasteiger partial charge in [0.25, 0.3) is 5.91 Å². The third kappa shape index (κ3) is 6.44. The second kappa shape index (κ2) is 10.3. The lowest BCUT2D eigenvalue weighted by Gasteiger charge is -2.19. The summed E-state index contributed by atoms with van der Waals surface area (Å²) < 4.78 is 37.2. The summed E-state index contributed by atoms with van der Waals surface area (Å²) in [6.45, 7) is 0.837. The molecule has 0 heterocycles. The Morgan fingerprint density at radius 1 is 1.09 bits per heavy atom. The zero-order chi connectivity index (χ0) is 23.3. The van der Waals surface area contributed by atoms with Crippen LogP contribution in [0.3, 0.4) is 0 Å². The zero-order valence-corrected chi connectivity index (χ0v) is 19.3. The van der Waals surface area contributed by atoms with Crippen LogP contribution in [-0.2, 0) is 24.3 Å². The van der Waals surface area contributed by atoms with Crippen LogP contribution in [0.2, 0.25) is 5.02 Å². The first kappa shape index (κ1) is 24.0. The third-order valence-electron chi connectivity index (χ3n) is 5.04. The Balaban J connectivity index is 1.52. The molecular weight excluding hydrogens is 456 g/mol. The molecule has 1 unspecified atom stereocenters. The number of halogens is 1. The minimum Gasteiger partial charge on any atom is -0.497 e. The number of sulfonamides is 1.